The highest BCUT2D eigenvalue weighted by Gasteiger charge is 2.26. The Bertz CT molecular complexity index is 1050. The summed E-state index contributed by atoms with van der Waals surface area (Å²) in [4.78, 5) is 12.4. The molecule has 0 bridgehead atoms. The summed E-state index contributed by atoms with van der Waals surface area (Å²) in [6.45, 7) is 1.33. The number of nitrogens with one attached hydrogen (secondary N) is 1. The van der Waals surface area contributed by atoms with Crippen molar-refractivity contribution in [2.45, 2.75) is 16.2 Å². The molecule has 10 heteroatoms. The predicted octanol–water partition coefficient (Wildman–Crippen LogP) is 1.51. The highest BCUT2D eigenvalue weighted by atomic mass is 32.2. The third-order valence-electron chi connectivity index (χ3n) is 4.45. The molecule has 0 saturated carbocycles. The first-order valence-corrected chi connectivity index (χ1v) is 12.1. The highest BCUT2D eigenvalue weighted by molar-refractivity contribution is 7.91. The van der Waals surface area contributed by atoms with Crippen molar-refractivity contribution in [3.8, 4) is 0 Å². The first-order valence-electron chi connectivity index (χ1n) is 9.05. The summed E-state index contributed by atoms with van der Waals surface area (Å²) in [5.41, 5.74) is 0.396. The number of carbonyl (C=O) groups is 1. The lowest BCUT2D eigenvalue weighted by Gasteiger charge is -2.26. The highest BCUT2D eigenvalue weighted by Crippen LogP contribution is 2.20. The monoisotopic (exact) mass is 438 g/mol. The van der Waals surface area contributed by atoms with Gasteiger partial charge in [-0.05, 0) is 36.4 Å². The number of anilines is 1. The fraction of sp³-hybridized carbons (Fsp3) is 0.316. The van der Waals surface area contributed by atoms with E-state index in [2.05, 4.69) is 5.32 Å². The van der Waals surface area contributed by atoms with Gasteiger partial charge in [0.25, 0.3) is 0 Å². The number of hydrogen-bond acceptors (Lipinski definition) is 6. The molecular weight excluding hydrogens is 416 g/mol. The van der Waals surface area contributed by atoms with Crippen molar-refractivity contribution in [2.24, 2.45) is 0 Å². The molecule has 1 heterocycles. The lowest BCUT2D eigenvalue weighted by atomic mass is 10.3. The van der Waals surface area contributed by atoms with Crippen LogP contribution in [0.4, 0.5) is 5.69 Å². The molecule has 1 aliphatic heterocycles. The van der Waals surface area contributed by atoms with E-state index in [1.807, 2.05) is 0 Å². The molecule has 0 aliphatic carbocycles. The van der Waals surface area contributed by atoms with Crippen molar-refractivity contribution >= 4 is 31.5 Å². The zero-order valence-electron chi connectivity index (χ0n) is 15.7. The number of sulfonamides is 1. The van der Waals surface area contributed by atoms with Gasteiger partial charge in [0.2, 0.25) is 15.9 Å². The van der Waals surface area contributed by atoms with Crippen LogP contribution in [0.1, 0.15) is 6.42 Å². The van der Waals surface area contributed by atoms with Crippen LogP contribution >= 0.6 is 0 Å². The third kappa shape index (κ3) is 5.41. The summed E-state index contributed by atoms with van der Waals surface area (Å²) < 4.78 is 56.2. The number of hydrogen-bond donors (Lipinski definition) is 1. The quantitative estimate of drug-likeness (QED) is 0.702. The van der Waals surface area contributed by atoms with Gasteiger partial charge in [0.05, 0.1) is 28.8 Å². The van der Waals surface area contributed by atoms with Crippen molar-refractivity contribution in [3.63, 3.8) is 0 Å². The number of amides is 1. The number of rotatable bonds is 7. The lowest BCUT2D eigenvalue weighted by molar-refractivity contribution is -0.115. The van der Waals surface area contributed by atoms with E-state index in [0.29, 0.717) is 32.0 Å². The Balaban J connectivity index is 1.59. The van der Waals surface area contributed by atoms with Crippen molar-refractivity contribution in [1.29, 1.82) is 0 Å². The molecule has 1 aliphatic rings. The van der Waals surface area contributed by atoms with Gasteiger partial charge in [0.1, 0.15) is 0 Å². The zero-order valence-corrected chi connectivity index (χ0v) is 17.3. The Morgan fingerprint density at radius 2 is 1.52 bits per heavy atom. The van der Waals surface area contributed by atoms with Gasteiger partial charge in [0, 0.05) is 25.2 Å². The van der Waals surface area contributed by atoms with Crippen LogP contribution in [0.5, 0.6) is 0 Å². The number of carbonyl (C=O) groups excluding carboxylic acids is 1. The number of nitrogens with zero attached hydrogens (tertiary/aromatic N) is 1. The van der Waals surface area contributed by atoms with Gasteiger partial charge in [-0.1, -0.05) is 18.2 Å². The summed E-state index contributed by atoms with van der Waals surface area (Å²) in [7, 11) is -7.15. The summed E-state index contributed by atoms with van der Waals surface area (Å²) in [6, 6.07) is 13.7. The maximum Gasteiger partial charge on any atom is 0.243 e. The van der Waals surface area contributed by atoms with Crippen LogP contribution in [0, 0.1) is 0 Å². The van der Waals surface area contributed by atoms with Crippen LogP contribution in [-0.2, 0) is 29.4 Å². The Morgan fingerprint density at radius 3 is 2.14 bits per heavy atom. The molecule has 0 radical (unpaired) electrons. The molecule has 2 aromatic rings. The fourth-order valence-electron chi connectivity index (χ4n) is 2.84. The van der Waals surface area contributed by atoms with Gasteiger partial charge in [0.15, 0.2) is 9.84 Å². The first kappa shape index (κ1) is 21.4. The van der Waals surface area contributed by atoms with Gasteiger partial charge in [-0.3, -0.25) is 4.79 Å². The van der Waals surface area contributed by atoms with E-state index in [-0.39, 0.29) is 22.0 Å². The van der Waals surface area contributed by atoms with Crippen molar-refractivity contribution in [2.75, 3.05) is 37.4 Å². The number of benzene rings is 2. The minimum absolute atomic E-state index is 0.129. The molecule has 29 heavy (non-hydrogen) atoms. The minimum atomic E-state index is -3.61. The van der Waals surface area contributed by atoms with Crippen LogP contribution < -0.4 is 5.32 Å². The van der Waals surface area contributed by atoms with E-state index in [0.717, 1.165) is 0 Å². The van der Waals surface area contributed by atoms with E-state index < -0.39 is 25.8 Å². The number of morpholine rings is 1. The first-order chi connectivity index (χ1) is 13.8. The minimum Gasteiger partial charge on any atom is -0.379 e. The van der Waals surface area contributed by atoms with Gasteiger partial charge < -0.3 is 10.1 Å². The molecular formula is C19H22N2O6S2. The van der Waals surface area contributed by atoms with Gasteiger partial charge >= 0.3 is 0 Å². The zero-order chi connectivity index (χ0) is 20.9. The second kappa shape index (κ2) is 9.04. The topological polar surface area (TPSA) is 110 Å². The van der Waals surface area contributed by atoms with Gasteiger partial charge in [-0.25, -0.2) is 16.8 Å². The number of ether oxygens (including phenoxy) is 1. The molecule has 0 unspecified atom stereocenters. The maximum absolute atomic E-state index is 12.6. The largest absolute Gasteiger partial charge is 0.379 e. The molecule has 156 valence electrons. The molecule has 0 atom stereocenters. The molecule has 1 amide bonds. The third-order valence-corrected chi connectivity index (χ3v) is 8.09. The Kier molecular flexibility index (Phi) is 6.68. The molecule has 2 aromatic carbocycles. The normalized spacial score (nSPS) is 15.7. The van der Waals surface area contributed by atoms with E-state index in [9.17, 15) is 21.6 Å². The van der Waals surface area contributed by atoms with Gasteiger partial charge in [-0.15, -0.1) is 0 Å². The van der Waals surface area contributed by atoms with Crippen molar-refractivity contribution in [1.82, 2.24) is 4.31 Å². The Hall–Kier alpha value is -2.27. The smallest absolute Gasteiger partial charge is 0.243 e. The average Bonchev–Trinajstić information content (AvgIpc) is 2.74. The van der Waals surface area contributed by atoms with E-state index in [1.165, 1.54) is 40.7 Å². The van der Waals surface area contributed by atoms with Crippen molar-refractivity contribution < 1.29 is 26.4 Å². The Labute approximate surface area is 170 Å². The summed E-state index contributed by atoms with van der Waals surface area (Å²) in [5, 5.41) is 2.59. The second-order valence-corrected chi connectivity index (χ2v) is 10.5. The molecule has 8 nitrogen and oxygen atoms in total. The van der Waals surface area contributed by atoms with E-state index in [1.54, 1.807) is 18.2 Å². The predicted molar refractivity (Wildman–Crippen MR) is 108 cm³/mol. The summed E-state index contributed by atoms with van der Waals surface area (Å²) >= 11 is 0. The number of sulfone groups is 1. The maximum atomic E-state index is 12.6. The van der Waals surface area contributed by atoms with E-state index >= 15 is 0 Å². The van der Waals surface area contributed by atoms with Crippen LogP contribution in [0.2, 0.25) is 0 Å². The van der Waals surface area contributed by atoms with Crippen LogP contribution in [0.15, 0.2) is 64.4 Å². The molecule has 3 rings (SSSR count). The summed E-state index contributed by atoms with van der Waals surface area (Å²) in [6.07, 6.45) is -0.203. The SMILES string of the molecule is O=C(CCS(=O)(=O)c1ccccc1)Nc1ccc(S(=O)(=O)N2CCOCC2)cc1. The molecule has 0 spiro atoms. The summed E-state index contributed by atoms with van der Waals surface area (Å²) in [5.74, 6) is -0.778. The standard InChI is InChI=1S/C19H22N2O6S2/c22-19(10-15-28(23,24)17-4-2-1-3-5-17)20-16-6-8-18(9-7-16)29(25,26)21-11-13-27-14-12-21/h1-9H,10-15H2,(H,20,22). The van der Waals surface area contributed by atoms with E-state index in [4.69, 9.17) is 4.74 Å². The van der Waals surface area contributed by atoms with Crippen LogP contribution in [-0.4, -0.2) is 59.1 Å². The van der Waals surface area contributed by atoms with Crippen LogP contribution in [0.25, 0.3) is 0 Å². The molecule has 1 saturated heterocycles. The second-order valence-electron chi connectivity index (χ2n) is 6.47. The van der Waals surface area contributed by atoms with Crippen LogP contribution in [0.3, 0.4) is 0 Å². The molecule has 1 fully saturated rings. The molecule has 0 aromatic heterocycles. The molecule has 1 N–H and O–H groups in total. The fourth-order valence-corrected chi connectivity index (χ4v) is 5.51. The Morgan fingerprint density at radius 1 is 0.897 bits per heavy atom. The van der Waals surface area contributed by atoms with Crippen molar-refractivity contribution in [3.05, 3.63) is 54.6 Å². The average molecular weight is 439 g/mol. The lowest BCUT2D eigenvalue weighted by Crippen LogP contribution is -2.40. The van der Waals surface area contributed by atoms with Gasteiger partial charge in [-0.2, -0.15) is 4.31 Å².